The Kier molecular flexibility index (Phi) is 4.49. The number of methoxy groups -OCH3 is 1. The molecule has 1 aromatic carbocycles. The molecule has 0 radical (unpaired) electrons. The van der Waals surface area contributed by atoms with Gasteiger partial charge in [0.05, 0.1) is 13.3 Å². The number of halogens is 3. The molecule has 0 aliphatic rings. The van der Waals surface area contributed by atoms with Gasteiger partial charge in [-0.25, -0.2) is 4.98 Å². The zero-order valence-corrected chi connectivity index (χ0v) is 11.5. The van der Waals surface area contributed by atoms with E-state index >= 15 is 0 Å². The van der Waals surface area contributed by atoms with Gasteiger partial charge in [0, 0.05) is 6.54 Å². The summed E-state index contributed by atoms with van der Waals surface area (Å²) in [6.07, 6.45) is -2.85. The molecule has 0 saturated heterocycles. The molecule has 108 valence electrons. The van der Waals surface area contributed by atoms with Crippen molar-refractivity contribution in [2.75, 3.05) is 19.0 Å². The first-order chi connectivity index (χ1) is 9.50. The summed E-state index contributed by atoms with van der Waals surface area (Å²) in [6, 6.07) is 7.53. The average Bonchev–Trinajstić information content (AvgIpc) is 2.88. The highest BCUT2D eigenvalue weighted by molar-refractivity contribution is 7.15. The molecule has 3 nitrogen and oxygen atoms in total. The number of ether oxygens (including phenoxy) is 1. The van der Waals surface area contributed by atoms with Gasteiger partial charge in [0.2, 0.25) is 0 Å². The van der Waals surface area contributed by atoms with E-state index in [4.69, 9.17) is 4.74 Å². The van der Waals surface area contributed by atoms with Crippen molar-refractivity contribution in [1.29, 1.82) is 0 Å². The molecule has 0 aliphatic carbocycles. The van der Waals surface area contributed by atoms with Gasteiger partial charge in [0.25, 0.3) is 0 Å². The van der Waals surface area contributed by atoms with Crippen LogP contribution in [0, 0.1) is 0 Å². The summed E-state index contributed by atoms with van der Waals surface area (Å²) in [5.74, 6) is 0.768. The van der Waals surface area contributed by atoms with Gasteiger partial charge in [-0.3, -0.25) is 0 Å². The van der Waals surface area contributed by atoms with Crippen molar-refractivity contribution in [3.8, 4) is 5.75 Å². The van der Waals surface area contributed by atoms with E-state index in [1.165, 1.54) is 0 Å². The summed E-state index contributed by atoms with van der Waals surface area (Å²) in [7, 11) is 1.59. The van der Waals surface area contributed by atoms with Gasteiger partial charge in [-0.1, -0.05) is 29.5 Å². The Morgan fingerprint density at radius 1 is 1.30 bits per heavy atom. The summed E-state index contributed by atoms with van der Waals surface area (Å²) in [6.45, 7) is 0.491. The Morgan fingerprint density at radius 3 is 2.70 bits per heavy atom. The largest absolute Gasteiger partial charge is 0.496 e. The van der Waals surface area contributed by atoms with Gasteiger partial charge in [-0.15, -0.1) is 0 Å². The minimum atomic E-state index is -4.33. The van der Waals surface area contributed by atoms with E-state index in [2.05, 4.69) is 10.3 Å². The second kappa shape index (κ2) is 6.13. The Balaban J connectivity index is 1.91. The van der Waals surface area contributed by atoms with Crippen LogP contribution in [-0.2, 0) is 12.6 Å². The predicted molar refractivity (Wildman–Crippen MR) is 72.3 cm³/mol. The second-order valence-electron chi connectivity index (χ2n) is 4.02. The molecule has 0 atom stereocenters. The van der Waals surface area contributed by atoms with Crippen LogP contribution in [0.1, 0.15) is 10.4 Å². The first kappa shape index (κ1) is 14.6. The number of anilines is 1. The van der Waals surface area contributed by atoms with E-state index in [-0.39, 0.29) is 5.13 Å². The highest BCUT2D eigenvalue weighted by atomic mass is 32.1. The zero-order chi connectivity index (χ0) is 14.6. The van der Waals surface area contributed by atoms with Crippen LogP contribution < -0.4 is 10.1 Å². The Labute approximate surface area is 118 Å². The zero-order valence-electron chi connectivity index (χ0n) is 10.7. The van der Waals surface area contributed by atoms with Gasteiger partial charge < -0.3 is 10.1 Å². The van der Waals surface area contributed by atoms with Crippen LogP contribution in [0.3, 0.4) is 0 Å². The van der Waals surface area contributed by atoms with E-state index in [0.29, 0.717) is 24.3 Å². The number of thiazole rings is 1. The van der Waals surface area contributed by atoms with Crippen molar-refractivity contribution in [3.05, 3.63) is 40.9 Å². The van der Waals surface area contributed by atoms with Crippen LogP contribution in [0.4, 0.5) is 18.3 Å². The van der Waals surface area contributed by atoms with Gasteiger partial charge in [0.15, 0.2) is 5.13 Å². The van der Waals surface area contributed by atoms with Crippen LogP contribution in [0.15, 0.2) is 30.5 Å². The predicted octanol–water partition coefficient (Wildman–Crippen LogP) is 3.83. The van der Waals surface area contributed by atoms with E-state index < -0.39 is 11.1 Å². The molecule has 0 spiro atoms. The minimum absolute atomic E-state index is 0.271. The highest BCUT2D eigenvalue weighted by Crippen LogP contribution is 2.34. The number of hydrogen-bond acceptors (Lipinski definition) is 4. The smallest absolute Gasteiger partial charge is 0.427 e. The van der Waals surface area contributed by atoms with Crippen molar-refractivity contribution >= 4 is 16.5 Å². The Bertz CT molecular complexity index is 569. The Hall–Kier alpha value is -1.76. The highest BCUT2D eigenvalue weighted by Gasteiger charge is 2.33. The second-order valence-corrected chi connectivity index (χ2v) is 5.05. The van der Waals surface area contributed by atoms with E-state index in [9.17, 15) is 13.2 Å². The molecule has 0 fully saturated rings. The third-order valence-electron chi connectivity index (χ3n) is 2.65. The molecule has 20 heavy (non-hydrogen) atoms. The number of benzene rings is 1. The summed E-state index contributed by atoms with van der Waals surface area (Å²) in [4.78, 5) is 3.02. The van der Waals surface area contributed by atoms with Gasteiger partial charge >= 0.3 is 6.18 Å². The van der Waals surface area contributed by atoms with Crippen LogP contribution >= 0.6 is 11.3 Å². The van der Waals surface area contributed by atoms with Crippen molar-refractivity contribution in [3.63, 3.8) is 0 Å². The molecule has 0 saturated carbocycles. The first-order valence-corrected chi connectivity index (χ1v) is 6.71. The Morgan fingerprint density at radius 2 is 2.05 bits per heavy atom. The maximum absolute atomic E-state index is 12.4. The molecule has 2 rings (SSSR count). The van der Waals surface area contributed by atoms with Crippen LogP contribution in [0.2, 0.25) is 0 Å². The monoisotopic (exact) mass is 302 g/mol. The molecule has 2 aromatic rings. The van der Waals surface area contributed by atoms with Gasteiger partial charge in [-0.2, -0.15) is 13.2 Å². The quantitative estimate of drug-likeness (QED) is 0.911. The maximum Gasteiger partial charge on any atom is 0.427 e. The molecular weight excluding hydrogens is 289 g/mol. The number of nitrogens with one attached hydrogen (secondary N) is 1. The number of aromatic nitrogens is 1. The van der Waals surface area contributed by atoms with Crippen molar-refractivity contribution < 1.29 is 17.9 Å². The third-order valence-corrected chi connectivity index (χ3v) is 3.65. The molecule has 0 aliphatic heterocycles. The maximum atomic E-state index is 12.4. The molecular formula is C13H13F3N2OS. The molecule has 1 heterocycles. The number of hydrogen-bond donors (Lipinski definition) is 1. The number of alkyl halides is 3. The topological polar surface area (TPSA) is 34.1 Å². The number of nitrogens with zero attached hydrogens (tertiary/aromatic N) is 1. The van der Waals surface area contributed by atoms with Gasteiger partial charge in [-0.05, 0) is 18.1 Å². The summed E-state index contributed by atoms with van der Waals surface area (Å²) in [5.41, 5.74) is 0.995. The van der Waals surface area contributed by atoms with E-state index in [1.807, 2.05) is 24.3 Å². The van der Waals surface area contributed by atoms with Crippen molar-refractivity contribution in [2.45, 2.75) is 12.6 Å². The van der Waals surface area contributed by atoms with E-state index in [1.54, 1.807) is 7.11 Å². The van der Waals surface area contributed by atoms with Crippen LogP contribution in [0.25, 0.3) is 0 Å². The van der Waals surface area contributed by atoms with E-state index in [0.717, 1.165) is 17.5 Å². The third kappa shape index (κ3) is 3.63. The number of rotatable bonds is 5. The lowest BCUT2D eigenvalue weighted by Gasteiger charge is -2.08. The lowest BCUT2D eigenvalue weighted by atomic mass is 10.1. The fourth-order valence-corrected chi connectivity index (χ4v) is 2.41. The van der Waals surface area contributed by atoms with Crippen molar-refractivity contribution in [2.24, 2.45) is 0 Å². The molecule has 7 heteroatoms. The molecule has 0 bridgehead atoms. The average molecular weight is 302 g/mol. The standard InChI is InChI=1S/C13H13F3N2OS/c1-19-10-5-3-2-4-9(10)6-7-17-12-18-8-11(20-12)13(14,15)16/h2-5,8H,6-7H2,1H3,(H,17,18). The number of para-hydroxylation sites is 1. The van der Waals surface area contributed by atoms with Crippen molar-refractivity contribution in [1.82, 2.24) is 4.98 Å². The van der Waals surface area contributed by atoms with Crippen LogP contribution in [0.5, 0.6) is 5.75 Å². The SMILES string of the molecule is COc1ccccc1CCNc1ncc(C(F)(F)F)s1. The normalized spacial score (nSPS) is 11.4. The molecule has 0 amide bonds. The fraction of sp³-hybridized carbons (Fsp3) is 0.308. The summed E-state index contributed by atoms with van der Waals surface area (Å²) >= 11 is 0.606. The fourth-order valence-electron chi connectivity index (χ4n) is 1.70. The first-order valence-electron chi connectivity index (χ1n) is 5.89. The molecule has 1 N–H and O–H groups in total. The molecule has 0 unspecified atom stereocenters. The summed E-state index contributed by atoms with van der Waals surface area (Å²) in [5, 5.41) is 3.16. The lowest BCUT2D eigenvalue weighted by molar-refractivity contribution is -0.134. The van der Waals surface area contributed by atoms with Crippen LogP contribution in [-0.4, -0.2) is 18.6 Å². The minimum Gasteiger partial charge on any atom is -0.496 e. The van der Waals surface area contributed by atoms with Gasteiger partial charge in [0.1, 0.15) is 10.6 Å². The lowest BCUT2D eigenvalue weighted by Crippen LogP contribution is -2.05. The summed E-state index contributed by atoms with van der Waals surface area (Å²) < 4.78 is 42.4. The molecule has 1 aromatic heterocycles.